The maximum absolute atomic E-state index is 13.8. The Morgan fingerprint density at radius 2 is 2.30 bits per heavy atom. The van der Waals surface area contributed by atoms with Gasteiger partial charge in [0.15, 0.2) is 0 Å². The molecule has 0 saturated heterocycles. The van der Waals surface area contributed by atoms with E-state index in [4.69, 9.17) is 11.6 Å². The zero-order valence-electron chi connectivity index (χ0n) is 10.6. The number of thiophene rings is 1. The SMILES string of the molecule is CC(c1cccs1)n1c(CCl)nc2cc(Br)c(F)cc21. The molecule has 0 spiro atoms. The van der Waals surface area contributed by atoms with Crippen molar-refractivity contribution in [1.82, 2.24) is 9.55 Å². The van der Waals surface area contributed by atoms with Crippen molar-refractivity contribution in [2.24, 2.45) is 0 Å². The van der Waals surface area contributed by atoms with Crippen molar-refractivity contribution in [2.45, 2.75) is 18.8 Å². The lowest BCUT2D eigenvalue weighted by atomic mass is 10.2. The van der Waals surface area contributed by atoms with Crippen LogP contribution in [0.1, 0.15) is 23.7 Å². The summed E-state index contributed by atoms with van der Waals surface area (Å²) in [5, 5.41) is 2.03. The Kier molecular flexibility index (Phi) is 3.84. The Bertz CT molecular complexity index is 754. The highest BCUT2D eigenvalue weighted by Crippen LogP contribution is 2.31. The van der Waals surface area contributed by atoms with Crippen LogP contribution in [0.4, 0.5) is 4.39 Å². The molecule has 0 N–H and O–H groups in total. The van der Waals surface area contributed by atoms with E-state index in [1.807, 2.05) is 16.0 Å². The minimum Gasteiger partial charge on any atom is -0.319 e. The summed E-state index contributed by atoms with van der Waals surface area (Å²) in [6.07, 6.45) is 0. The van der Waals surface area contributed by atoms with Crippen molar-refractivity contribution in [3.8, 4) is 0 Å². The number of hydrogen-bond acceptors (Lipinski definition) is 2. The van der Waals surface area contributed by atoms with Gasteiger partial charge in [-0.25, -0.2) is 9.37 Å². The first-order valence-electron chi connectivity index (χ1n) is 6.07. The number of alkyl halides is 1. The third-order valence-corrected chi connectivity index (χ3v) is 5.16. The molecule has 1 aromatic carbocycles. The molecule has 0 saturated carbocycles. The van der Waals surface area contributed by atoms with Crippen LogP contribution in [0.15, 0.2) is 34.1 Å². The summed E-state index contributed by atoms with van der Waals surface area (Å²) in [7, 11) is 0. The van der Waals surface area contributed by atoms with Crippen LogP contribution in [0.25, 0.3) is 11.0 Å². The Morgan fingerprint density at radius 1 is 1.50 bits per heavy atom. The zero-order chi connectivity index (χ0) is 14.3. The molecule has 0 aliphatic rings. The molecule has 2 heterocycles. The average molecular weight is 374 g/mol. The van der Waals surface area contributed by atoms with Crippen molar-refractivity contribution < 1.29 is 4.39 Å². The highest BCUT2D eigenvalue weighted by molar-refractivity contribution is 9.10. The molecule has 2 nitrogen and oxygen atoms in total. The standard InChI is InChI=1S/C14H11BrClFN2S/c1-8(13-3-2-4-20-13)19-12-6-10(17)9(15)5-11(12)18-14(19)7-16/h2-6,8H,7H2,1H3. The monoisotopic (exact) mass is 372 g/mol. The van der Waals surface area contributed by atoms with Gasteiger partial charge in [-0.15, -0.1) is 22.9 Å². The van der Waals surface area contributed by atoms with Crippen molar-refractivity contribution in [3.63, 3.8) is 0 Å². The number of halogens is 3. The van der Waals surface area contributed by atoms with Crippen LogP contribution >= 0.6 is 38.9 Å². The van der Waals surface area contributed by atoms with Crippen LogP contribution in [0.2, 0.25) is 0 Å². The molecule has 3 aromatic rings. The number of aromatic nitrogens is 2. The average Bonchev–Trinajstić information content (AvgIpc) is 3.06. The fourth-order valence-electron chi connectivity index (χ4n) is 2.32. The predicted molar refractivity (Wildman–Crippen MR) is 85.1 cm³/mol. The van der Waals surface area contributed by atoms with Crippen molar-refractivity contribution in [2.75, 3.05) is 0 Å². The third kappa shape index (κ3) is 2.28. The molecule has 6 heteroatoms. The van der Waals surface area contributed by atoms with Crippen LogP contribution in [-0.2, 0) is 5.88 Å². The number of fused-ring (bicyclic) bond motifs is 1. The second kappa shape index (κ2) is 5.47. The first-order chi connectivity index (χ1) is 9.61. The Labute approximate surface area is 133 Å². The van der Waals surface area contributed by atoms with E-state index in [0.29, 0.717) is 10.4 Å². The molecule has 0 radical (unpaired) electrons. The first-order valence-corrected chi connectivity index (χ1v) is 8.27. The number of benzene rings is 1. The summed E-state index contributed by atoms with van der Waals surface area (Å²) < 4.78 is 16.2. The highest BCUT2D eigenvalue weighted by Gasteiger charge is 2.18. The van der Waals surface area contributed by atoms with Gasteiger partial charge < -0.3 is 4.57 Å². The molecule has 3 rings (SSSR count). The molecule has 0 bridgehead atoms. The molecular weight excluding hydrogens is 363 g/mol. The van der Waals surface area contributed by atoms with Gasteiger partial charge in [-0.05, 0) is 40.4 Å². The summed E-state index contributed by atoms with van der Waals surface area (Å²) in [6.45, 7) is 2.07. The summed E-state index contributed by atoms with van der Waals surface area (Å²) in [6, 6.07) is 7.35. The smallest absolute Gasteiger partial charge is 0.139 e. The van der Waals surface area contributed by atoms with Crippen LogP contribution < -0.4 is 0 Å². The minimum absolute atomic E-state index is 0.0781. The molecule has 20 heavy (non-hydrogen) atoms. The molecule has 104 valence electrons. The van der Waals surface area contributed by atoms with Gasteiger partial charge in [-0.3, -0.25) is 0 Å². The maximum atomic E-state index is 13.8. The molecule has 2 aromatic heterocycles. The number of hydrogen-bond donors (Lipinski definition) is 0. The van der Waals surface area contributed by atoms with E-state index in [0.717, 1.165) is 16.9 Å². The summed E-state index contributed by atoms with van der Waals surface area (Å²) in [5.74, 6) is 0.752. The van der Waals surface area contributed by atoms with Crippen LogP contribution in [0.5, 0.6) is 0 Å². The van der Waals surface area contributed by atoms with Crippen molar-refractivity contribution in [1.29, 1.82) is 0 Å². The second-order valence-corrected chi connectivity index (χ2v) is 6.58. The maximum Gasteiger partial charge on any atom is 0.139 e. The quantitative estimate of drug-likeness (QED) is 0.566. The number of rotatable bonds is 3. The fourth-order valence-corrected chi connectivity index (χ4v) is 3.62. The van der Waals surface area contributed by atoms with Gasteiger partial charge in [0.25, 0.3) is 0 Å². The lowest BCUT2D eigenvalue weighted by molar-refractivity contribution is 0.616. The van der Waals surface area contributed by atoms with Gasteiger partial charge >= 0.3 is 0 Å². The molecule has 0 aliphatic carbocycles. The summed E-state index contributed by atoms with van der Waals surface area (Å²) in [5.41, 5.74) is 1.51. The lowest BCUT2D eigenvalue weighted by Crippen LogP contribution is -2.08. The molecular formula is C14H11BrClFN2S. The molecule has 1 unspecified atom stereocenters. The lowest BCUT2D eigenvalue weighted by Gasteiger charge is -2.15. The van der Waals surface area contributed by atoms with E-state index in [1.165, 1.54) is 10.9 Å². The van der Waals surface area contributed by atoms with Gasteiger partial charge in [0.05, 0.1) is 27.4 Å². The van der Waals surface area contributed by atoms with Gasteiger partial charge in [0.2, 0.25) is 0 Å². The third-order valence-electron chi connectivity index (χ3n) is 3.27. The summed E-state index contributed by atoms with van der Waals surface area (Å²) in [4.78, 5) is 5.70. The molecule has 0 fully saturated rings. The Balaban J connectivity index is 2.25. The van der Waals surface area contributed by atoms with E-state index >= 15 is 0 Å². The van der Waals surface area contributed by atoms with E-state index in [9.17, 15) is 4.39 Å². The topological polar surface area (TPSA) is 17.8 Å². The Hall–Kier alpha value is -0.910. The predicted octanol–water partition coefficient (Wildman–Crippen LogP) is 5.35. The van der Waals surface area contributed by atoms with E-state index in [-0.39, 0.29) is 11.9 Å². The minimum atomic E-state index is -0.293. The largest absolute Gasteiger partial charge is 0.319 e. The van der Waals surface area contributed by atoms with Crippen molar-refractivity contribution in [3.05, 3.63) is 50.6 Å². The fraction of sp³-hybridized carbons (Fsp3) is 0.214. The molecule has 0 amide bonds. The van der Waals surface area contributed by atoms with Gasteiger partial charge in [-0.2, -0.15) is 0 Å². The highest BCUT2D eigenvalue weighted by atomic mass is 79.9. The second-order valence-electron chi connectivity index (χ2n) is 4.48. The van der Waals surface area contributed by atoms with Crippen LogP contribution in [0.3, 0.4) is 0 Å². The Morgan fingerprint density at radius 3 is 2.95 bits per heavy atom. The van der Waals surface area contributed by atoms with Gasteiger partial charge in [0.1, 0.15) is 11.6 Å². The summed E-state index contributed by atoms with van der Waals surface area (Å²) >= 11 is 10.9. The number of nitrogens with zero attached hydrogens (tertiary/aromatic N) is 2. The molecule has 0 aliphatic heterocycles. The van der Waals surface area contributed by atoms with Crippen LogP contribution in [0, 0.1) is 5.82 Å². The van der Waals surface area contributed by atoms with E-state index < -0.39 is 0 Å². The van der Waals surface area contributed by atoms with E-state index in [1.54, 1.807) is 17.4 Å². The van der Waals surface area contributed by atoms with E-state index in [2.05, 4.69) is 33.9 Å². The zero-order valence-corrected chi connectivity index (χ0v) is 13.8. The van der Waals surface area contributed by atoms with Gasteiger partial charge in [0, 0.05) is 10.9 Å². The van der Waals surface area contributed by atoms with Crippen LogP contribution in [-0.4, -0.2) is 9.55 Å². The first kappa shape index (κ1) is 14.0. The van der Waals surface area contributed by atoms with Gasteiger partial charge in [-0.1, -0.05) is 6.07 Å². The normalized spacial score (nSPS) is 13.0. The molecule has 1 atom stereocenters. The number of imidazole rings is 1. The van der Waals surface area contributed by atoms with Crippen molar-refractivity contribution >= 4 is 49.9 Å².